The molecule has 3 aromatic rings. The minimum atomic E-state index is 0.645. The van der Waals surface area contributed by atoms with E-state index < -0.39 is 0 Å². The number of benzene rings is 2. The van der Waals surface area contributed by atoms with Crippen molar-refractivity contribution in [3.63, 3.8) is 0 Å². The van der Waals surface area contributed by atoms with Gasteiger partial charge < -0.3 is 10.2 Å². The van der Waals surface area contributed by atoms with Gasteiger partial charge in [0.15, 0.2) is 0 Å². The Morgan fingerprint density at radius 1 is 0.913 bits per heavy atom. The van der Waals surface area contributed by atoms with Crippen LogP contribution >= 0.6 is 0 Å². The molecule has 0 atom stereocenters. The van der Waals surface area contributed by atoms with Crippen molar-refractivity contribution < 1.29 is 0 Å². The van der Waals surface area contributed by atoms with E-state index in [0.29, 0.717) is 12.5 Å². The normalized spacial score (nSPS) is 10.3. The molecule has 1 aromatic heterocycles. The zero-order valence-electron chi connectivity index (χ0n) is 13.4. The number of rotatable bonds is 5. The average molecular weight is 304 g/mol. The Bertz CT molecular complexity index is 757. The van der Waals surface area contributed by atoms with E-state index in [1.54, 1.807) is 0 Å². The predicted molar refractivity (Wildman–Crippen MR) is 95.0 cm³/mol. The maximum absolute atomic E-state index is 4.63. The van der Waals surface area contributed by atoms with Gasteiger partial charge in [0, 0.05) is 31.0 Å². The van der Waals surface area contributed by atoms with Crippen LogP contribution in [0, 0.1) is 6.92 Å². The third-order valence-electron chi connectivity index (χ3n) is 3.62. The molecule has 0 unspecified atom stereocenters. The van der Waals surface area contributed by atoms with Crippen molar-refractivity contribution in [1.29, 1.82) is 0 Å². The SMILES string of the molecule is Cc1cc(N(C)c2ccccc2)nc(NCc2ccccc2)n1. The Hall–Kier alpha value is -2.88. The Balaban J connectivity index is 1.79. The molecule has 0 radical (unpaired) electrons. The molecule has 23 heavy (non-hydrogen) atoms. The van der Waals surface area contributed by atoms with Crippen molar-refractivity contribution in [2.75, 3.05) is 17.3 Å². The molecule has 0 bridgehead atoms. The molecule has 116 valence electrons. The Labute approximate surface area is 136 Å². The number of nitrogens with zero attached hydrogens (tertiary/aromatic N) is 3. The number of hydrogen-bond acceptors (Lipinski definition) is 4. The van der Waals surface area contributed by atoms with E-state index in [0.717, 1.165) is 17.2 Å². The second-order valence-corrected chi connectivity index (χ2v) is 5.42. The first-order valence-electron chi connectivity index (χ1n) is 7.64. The van der Waals surface area contributed by atoms with Gasteiger partial charge in [-0.25, -0.2) is 4.98 Å². The van der Waals surface area contributed by atoms with Crippen LogP contribution in [-0.4, -0.2) is 17.0 Å². The summed E-state index contributed by atoms with van der Waals surface area (Å²) in [6.07, 6.45) is 0. The summed E-state index contributed by atoms with van der Waals surface area (Å²) in [4.78, 5) is 11.2. The maximum Gasteiger partial charge on any atom is 0.225 e. The van der Waals surface area contributed by atoms with Gasteiger partial charge in [-0.2, -0.15) is 4.98 Å². The molecule has 0 fully saturated rings. The van der Waals surface area contributed by atoms with Crippen molar-refractivity contribution >= 4 is 17.5 Å². The molecule has 0 saturated heterocycles. The second-order valence-electron chi connectivity index (χ2n) is 5.42. The number of aryl methyl sites for hydroxylation is 1. The summed E-state index contributed by atoms with van der Waals surface area (Å²) in [6, 6.07) is 22.4. The average Bonchev–Trinajstić information content (AvgIpc) is 2.60. The van der Waals surface area contributed by atoms with E-state index >= 15 is 0 Å². The summed E-state index contributed by atoms with van der Waals surface area (Å²) in [5.74, 6) is 1.52. The molecule has 3 rings (SSSR count). The Kier molecular flexibility index (Phi) is 4.52. The number of anilines is 3. The van der Waals surface area contributed by atoms with E-state index in [4.69, 9.17) is 0 Å². The number of para-hydroxylation sites is 1. The molecule has 0 saturated carbocycles. The van der Waals surface area contributed by atoms with Crippen LogP contribution in [0.3, 0.4) is 0 Å². The summed E-state index contributed by atoms with van der Waals surface area (Å²) < 4.78 is 0. The van der Waals surface area contributed by atoms with Crippen molar-refractivity contribution in [1.82, 2.24) is 9.97 Å². The van der Waals surface area contributed by atoms with E-state index in [-0.39, 0.29) is 0 Å². The fourth-order valence-corrected chi connectivity index (χ4v) is 2.36. The van der Waals surface area contributed by atoms with Gasteiger partial charge in [0.25, 0.3) is 0 Å². The third kappa shape index (κ3) is 3.86. The molecule has 1 N–H and O–H groups in total. The summed E-state index contributed by atoms with van der Waals surface area (Å²) in [7, 11) is 2.01. The highest BCUT2D eigenvalue weighted by Crippen LogP contribution is 2.22. The fraction of sp³-hybridized carbons (Fsp3) is 0.158. The zero-order valence-corrected chi connectivity index (χ0v) is 13.4. The van der Waals surface area contributed by atoms with E-state index in [1.807, 2.05) is 56.4 Å². The topological polar surface area (TPSA) is 41.1 Å². The quantitative estimate of drug-likeness (QED) is 0.768. The summed E-state index contributed by atoms with van der Waals surface area (Å²) in [5.41, 5.74) is 3.24. The van der Waals surface area contributed by atoms with Crippen LogP contribution in [-0.2, 0) is 6.54 Å². The molecule has 4 heteroatoms. The smallest absolute Gasteiger partial charge is 0.225 e. The summed E-state index contributed by atoms with van der Waals surface area (Å²) >= 11 is 0. The first-order chi connectivity index (χ1) is 11.2. The molecule has 0 spiro atoms. The van der Waals surface area contributed by atoms with Crippen LogP contribution in [0.5, 0.6) is 0 Å². The molecule has 1 heterocycles. The highest BCUT2D eigenvalue weighted by molar-refractivity contribution is 5.60. The molecule has 0 aliphatic carbocycles. The lowest BCUT2D eigenvalue weighted by Gasteiger charge is -2.19. The minimum absolute atomic E-state index is 0.645. The molecule has 4 nitrogen and oxygen atoms in total. The first kappa shape index (κ1) is 15.0. The van der Waals surface area contributed by atoms with Gasteiger partial charge in [0.2, 0.25) is 5.95 Å². The van der Waals surface area contributed by atoms with Crippen LogP contribution in [0.2, 0.25) is 0 Å². The number of hydrogen-bond donors (Lipinski definition) is 1. The van der Waals surface area contributed by atoms with Crippen LogP contribution in [0.15, 0.2) is 66.7 Å². The number of nitrogens with one attached hydrogen (secondary N) is 1. The van der Waals surface area contributed by atoms with Gasteiger partial charge in [0.1, 0.15) is 5.82 Å². The van der Waals surface area contributed by atoms with Crippen LogP contribution in [0.4, 0.5) is 17.5 Å². The van der Waals surface area contributed by atoms with E-state index in [9.17, 15) is 0 Å². The van der Waals surface area contributed by atoms with Crippen LogP contribution in [0.25, 0.3) is 0 Å². The minimum Gasteiger partial charge on any atom is -0.350 e. The van der Waals surface area contributed by atoms with Gasteiger partial charge >= 0.3 is 0 Å². The molecule has 0 aliphatic rings. The third-order valence-corrected chi connectivity index (χ3v) is 3.62. The van der Waals surface area contributed by atoms with Gasteiger partial charge in [-0.1, -0.05) is 48.5 Å². The van der Waals surface area contributed by atoms with Gasteiger partial charge in [-0.3, -0.25) is 0 Å². The molecule has 0 aliphatic heterocycles. The molecule has 0 amide bonds. The number of aromatic nitrogens is 2. The van der Waals surface area contributed by atoms with E-state index in [2.05, 4.69) is 44.5 Å². The lowest BCUT2D eigenvalue weighted by atomic mass is 10.2. The van der Waals surface area contributed by atoms with Crippen molar-refractivity contribution in [3.05, 3.63) is 78.0 Å². The predicted octanol–water partition coefficient (Wildman–Crippen LogP) is 4.17. The lowest BCUT2D eigenvalue weighted by Crippen LogP contribution is -2.13. The van der Waals surface area contributed by atoms with Gasteiger partial charge in [0.05, 0.1) is 0 Å². The van der Waals surface area contributed by atoms with Crippen molar-refractivity contribution in [2.45, 2.75) is 13.5 Å². The van der Waals surface area contributed by atoms with Crippen LogP contribution < -0.4 is 10.2 Å². The maximum atomic E-state index is 4.63. The summed E-state index contributed by atoms with van der Waals surface area (Å²) in [5, 5.41) is 3.30. The zero-order chi connectivity index (χ0) is 16.1. The highest BCUT2D eigenvalue weighted by Gasteiger charge is 2.08. The largest absolute Gasteiger partial charge is 0.350 e. The van der Waals surface area contributed by atoms with Gasteiger partial charge in [-0.15, -0.1) is 0 Å². The first-order valence-corrected chi connectivity index (χ1v) is 7.64. The van der Waals surface area contributed by atoms with E-state index in [1.165, 1.54) is 5.56 Å². The van der Waals surface area contributed by atoms with Crippen molar-refractivity contribution in [3.8, 4) is 0 Å². The highest BCUT2D eigenvalue weighted by atomic mass is 15.2. The van der Waals surface area contributed by atoms with Crippen molar-refractivity contribution in [2.24, 2.45) is 0 Å². The molecular formula is C19H20N4. The van der Waals surface area contributed by atoms with Gasteiger partial charge in [-0.05, 0) is 24.6 Å². The second kappa shape index (κ2) is 6.92. The Morgan fingerprint density at radius 3 is 2.26 bits per heavy atom. The molecule has 2 aromatic carbocycles. The standard InChI is InChI=1S/C19H20N4/c1-15-13-18(23(2)17-11-7-4-8-12-17)22-19(21-15)20-14-16-9-5-3-6-10-16/h3-13H,14H2,1-2H3,(H,20,21,22). The summed E-state index contributed by atoms with van der Waals surface area (Å²) in [6.45, 7) is 2.69. The van der Waals surface area contributed by atoms with Crippen LogP contribution in [0.1, 0.15) is 11.3 Å². The Morgan fingerprint density at radius 2 is 1.57 bits per heavy atom. The monoisotopic (exact) mass is 304 g/mol. The fourth-order valence-electron chi connectivity index (χ4n) is 2.36. The lowest BCUT2D eigenvalue weighted by molar-refractivity contribution is 1.01. The molecular weight excluding hydrogens is 284 g/mol.